The minimum Gasteiger partial charge on any atom is -0.468 e. The fourth-order valence-corrected chi connectivity index (χ4v) is 2.45. The highest BCUT2D eigenvalue weighted by molar-refractivity contribution is 5.96. The van der Waals surface area contributed by atoms with Gasteiger partial charge in [0.05, 0.1) is 6.04 Å². The van der Waals surface area contributed by atoms with E-state index in [-0.39, 0.29) is 17.5 Å². The highest BCUT2D eigenvalue weighted by Gasteiger charge is 2.28. The van der Waals surface area contributed by atoms with Crippen LogP contribution in [0.3, 0.4) is 0 Å². The van der Waals surface area contributed by atoms with Crippen LogP contribution >= 0.6 is 0 Å². The van der Waals surface area contributed by atoms with Gasteiger partial charge >= 0.3 is 6.18 Å². The third-order valence-electron chi connectivity index (χ3n) is 3.85. The Labute approximate surface area is 153 Å². The number of nitrogens with one attached hydrogen (secondary N) is 1. The van der Waals surface area contributed by atoms with Crippen molar-refractivity contribution in [3.05, 3.63) is 66.1 Å². The summed E-state index contributed by atoms with van der Waals surface area (Å²) in [6.45, 7) is 0.339. The molecule has 0 saturated heterocycles. The second kappa shape index (κ2) is 7.61. The van der Waals surface area contributed by atoms with Crippen LogP contribution in [0.2, 0.25) is 0 Å². The van der Waals surface area contributed by atoms with Crippen LogP contribution in [-0.4, -0.2) is 28.7 Å². The van der Waals surface area contributed by atoms with Gasteiger partial charge in [-0.05, 0) is 23.9 Å². The highest BCUT2D eigenvalue weighted by atomic mass is 19.4. The average molecular weight is 375 g/mol. The monoisotopic (exact) mass is 375 g/mol. The summed E-state index contributed by atoms with van der Waals surface area (Å²) in [5.74, 6) is -0.489. The van der Waals surface area contributed by atoms with Crippen LogP contribution in [0.1, 0.15) is 29.0 Å². The molecule has 0 saturated carbocycles. The topological polar surface area (TPSA) is 64.1 Å². The predicted molar refractivity (Wildman–Crippen MR) is 93.4 cm³/mol. The smallest absolute Gasteiger partial charge is 0.422 e. The molecule has 0 bridgehead atoms. The maximum absolute atomic E-state index is 12.4. The van der Waals surface area contributed by atoms with Gasteiger partial charge in [0, 0.05) is 23.8 Å². The quantitative estimate of drug-likeness (QED) is 0.730. The molecule has 5 nitrogen and oxygen atoms in total. The van der Waals surface area contributed by atoms with Crippen molar-refractivity contribution in [1.29, 1.82) is 0 Å². The second-order valence-electron chi connectivity index (χ2n) is 5.95. The van der Waals surface area contributed by atoms with Crippen LogP contribution < -0.4 is 10.1 Å². The molecule has 0 fully saturated rings. The summed E-state index contributed by atoms with van der Waals surface area (Å²) in [5.41, 5.74) is 0.905. The van der Waals surface area contributed by atoms with Gasteiger partial charge < -0.3 is 10.1 Å². The van der Waals surface area contributed by atoms with E-state index < -0.39 is 18.8 Å². The van der Waals surface area contributed by atoms with E-state index in [1.54, 1.807) is 25.3 Å². The first-order valence-electron chi connectivity index (χ1n) is 8.13. The number of hydrogen-bond acceptors (Lipinski definition) is 4. The SMILES string of the molecule is CC(NC(=O)c1cc2ccccc2cn1)c1ccc(OCC(F)(F)F)nc1. The Morgan fingerprint density at radius 1 is 1.11 bits per heavy atom. The molecule has 27 heavy (non-hydrogen) atoms. The van der Waals surface area contributed by atoms with Crippen LogP contribution in [0.15, 0.2) is 54.9 Å². The Bertz CT molecular complexity index is 943. The summed E-state index contributed by atoms with van der Waals surface area (Å²) in [4.78, 5) is 20.4. The molecule has 1 aromatic carbocycles. The third kappa shape index (κ3) is 4.93. The zero-order valence-corrected chi connectivity index (χ0v) is 14.3. The lowest BCUT2D eigenvalue weighted by atomic mass is 10.1. The molecule has 0 spiro atoms. The summed E-state index contributed by atoms with van der Waals surface area (Å²) >= 11 is 0. The summed E-state index contributed by atoms with van der Waals surface area (Å²) in [5, 5.41) is 4.62. The number of carbonyl (C=O) groups is 1. The third-order valence-corrected chi connectivity index (χ3v) is 3.85. The number of ether oxygens (including phenoxy) is 1. The van der Waals surface area contributed by atoms with Gasteiger partial charge in [0.15, 0.2) is 6.61 Å². The van der Waals surface area contributed by atoms with Crippen LogP contribution in [0.4, 0.5) is 13.2 Å². The van der Waals surface area contributed by atoms with Gasteiger partial charge in [-0.1, -0.05) is 30.3 Å². The normalized spacial score (nSPS) is 12.6. The number of halogens is 3. The van der Waals surface area contributed by atoms with Gasteiger partial charge in [0.1, 0.15) is 5.69 Å². The van der Waals surface area contributed by atoms with Crippen molar-refractivity contribution >= 4 is 16.7 Å². The van der Waals surface area contributed by atoms with Gasteiger partial charge in [0.2, 0.25) is 5.88 Å². The van der Waals surface area contributed by atoms with Crippen molar-refractivity contribution in [2.45, 2.75) is 19.1 Å². The lowest BCUT2D eigenvalue weighted by Gasteiger charge is -2.15. The van der Waals surface area contributed by atoms with Crippen LogP contribution in [-0.2, 0) is 0 Å². The molecule has 3 rings (SSSR count). The zero-order valence-electron chi connectivity index (χ0n) is 14.3. The number of aromatic nitrogens is 2. The molecule has 2 heterocycles. The Kier molecular flexibility index (Phi) is 5.25. The number of rotatable bonds is 5. The maximum atomic E-state index is 12.4. The van der Waals surface area contributed by atoms with Crippen molar-refractivity contribution in [3.8, 4) is 5.88 Å². The predicted octanol–water partition coefficient (Wildman–Crippen LogP) is 4.06. The molecule has 1 N–H and O–H groups in total. The first-order valence-corrected chi connectivity index (χ1v) is 8.13. The maximum Gasteiger partial charge on any atom is 0.422 e. The van der Waals surface area contributed by atoms with Crippen molar-refractivity contribution < 1.29 is 22.7 Å². The molecular weight excluding hydrogens is 359 g/mol. The van der Waals surface area contributed by atoms with E-state index in [2.05, 4.69) is 20.0 Å². The van der Waals surface area contributed by atoms with E-state index in [4.69, 9.17) is 0 Å². The Morgan fingerprint density at radius 2 is 1.85 bits per heavy atom. The molecule has 0 radical (unpaired) electrons. The number of pyridine rings is 2. The number of nitrogens with zero attached hydrogens (tertiary/aromatic N) is 2. The standard InChI is InChI=1S/C19H16F3N3O2/c1-12(14-6-7-17(24-9-14)27-11-19(20,21)22)25-18(26)16-8-13-4-2-3-5-15(13)10-23-16/h2-10,12H,11H2,1H3,(H,25,26). The molecule has 1 unspecified atom stereocenters. The summed E-state index contributed by atoms with van der Waals surface area (Å²) < 4.78 is 41.0. The fraction of sp³-hybridized carbons (Fsp3) is 0.211. The molecule has 2 aromatic heterocycles. The van der Waals surface area contributed by atoms with E-state index in [9.17, 15) is 18.0 Å². The fourth-order valence-electron chi connectivity index (χ4n) is 2.45. The van der Waals surface area contributed by atoms with E-state index in [1.165, 1.54) is 12.3 Å². The minimum absolute atomic E-state index is 0.134. The van der Waals surface area contributed by atoms with E-state index in [1.807, 2.05) is 24.3 Å². The molecule has 1 atom stereocenters. The van der Waals surface area contributed by atoms with Crippen LogP contribution in [0, 0.1) is 0 Å². The van der Waals surface area contributed by atoms with Gasteiger partial charge in [-0.25, -0.2) is 4.98 Å². The van der Waals surface area contributed by atoms with Crippen LogP contribution in [0.25, 0.3) is 10.8 Å². The zero-order chi connectivity index (χ0) is 19.4. The Balaban J connectivity index is 1.65. The second-order valence-corrected chi connectivity index (χ2v) is 5.95. The first kappa shape index (κ1) is 18.6. The number of fused-ring (bicyclic) bond motifs is 1. The van der Waals surface area contributed by atoms with E-state index >= 15 is 0 Å². The van der Waals surface area contributed by atoms with Gasteiger partial charge in [-0.3, -0.25) is 9.78 Å². The van der Waals surface area contributed by atoms with Gasteiger partial charge in [-0.15, -0.1) is 0 Å². The number of carbonyl (C=O) groups excluding carboxylic acids is 1. The van der Waals surface area contributed by atoms with Crippen molar-refractivity contribution in [2.24, 2.45) is 0 Å². The summed E-state index contributed by atoms with van der Waals surface area (Å²) in [7, 11) is 0. The number of hydrogen-bond donors (Lipinski definition) is 1. The van der Waals surface area contributed by atoms with Gasteiger partial charge in [-0.2, -0.15) is 13.2 Å². The van der Waals surface area contributed by atoms with Gasteiger partial charge in [0.25, 0.3) is 5.91 Å². The molecule has 140 valence electrons. The van der Waals surface area contributed by atoms with E-state index in [0.29, 0.717) is 5.56 Å². The Morgan fingerprint density at radius 3 is 2.52 bits per heavy atom. The minimum atomic E-state index is -4.42. The lowest BCUT2D eigenvalue weighted by molar-refractivity contribution is -0.154. The molecule has 0 aliphatic heterocycles. The molecule has 3 aromatic rings. The molecule has 0 aliphatic rings. The van der Waals surface area contributed by atoms with Crippen molar-refractivity contribution in [3.63, 3.8) is 0 Å². The van der Waals surface area contributed by atoms with E-state index in [0.717, 1.165) is 10.8 Å². The average Bonchev–Trinajstić information content (AvgIpc) is 2.65. The lowest BCUT2D eigenvalue weighted by Crippen LogP contribution is -2.27. The molecular formula is C19H16F3N3O2. The number of alkyl halides is 3. The molecule has 1 amide bonds. The summed E-state index contributed by atoms with van der Waals surface area (Å²) in [6.07, 6.45) is -1.43. The first-order chi connectivity index (χ1) is 12.8. The summed E-state index contributed by atoms with van der Waals surface area (Å²) in [6, 6.07) is 11.7. The largest absolute Gasteiger partial charge is 0.468 e. The Hall–Kier alpha value is -3.16. The highest BCUT2D eigenvalue weighted by Crippen LogP contribution is 2.19. The number of benzene rings is 1. The number of amides is 1. The van der Waals surface area contributed by atoms with Crippen molar-refractivity contribution in [2.75, 3.05) is 6.61 Å². The molecule has 8 heteroatoms. The molecule has 0 aliphatic carbocycles. The van der Waals surface area contributed by atoms with Crippen molar-refractivity contribution in [1.82, 2.24) is 15.3 Å². The van der Waals surface area contributed by atoms with Crippen LogP contribution in [0.5, 0.6) is 5.88 Å².